The molecular weight excluding hydrogens is 298 g/mol. The van der Waals surface area contributed by atoms with Crippen LogP contribution in [0, 0.1) is 6.92 Å². The van der Waals surface area contributed by atoms with Gasteiger partial charge in [-0.3, -0.25) is 4.90 Å². The monoisotopic (exact) mass is 325 g/mol. The van der Waals surface area contributed by atoms with Crippen molar-refractivity contribution < 1.29 is 0 Å². The normalized spacial score (nSPS) is 16.1. The third-order valence-electron chi connectivity index (χ3n) is 4.51. The molecule has 1 fully saturated rings. The lowest BCUT2D eigenvalue weighted by atomic mass is 10.0. The molecule has 1 saturated heterocycles. The molecule has 0 bridgehead atoms. The number of nitrogens with zero attached hydrogens (tertiary/aromatic N) is 4. The lowest BCUT2D eigenvalue weighted by molar-refractivity contribution is 0.211. The lowest BCUT2D eigenvalue weighted by Gasteiger charge is -2.32. The predicted octanol–water partition coefficient (Wildman–Crippen LogP) is 2.93. The first-order valence-corrected chi connectivity index (χ1v) is 8.65. The summed E-state index contributed by atoms with van der Waals surface area (Å²) in [5.74, 6) is 1.67. The Morgan fingerprint density at radius 2 is 1.83 bits per heavy atom. The molecule has 2 aromatic rings. The second kappa shape index (κ2) is 7.62. The van der Waals surface area contributed by atoms with Gasteiger partial charge in [-0.2, -0.15) is 4.98 Å². The molecule has 0 aliphatic carbocycles. The maximum atomic E-state index is 4.55. The third-order valence-corrected chi connectivity index (χ3v) is 4.51. The van der Waals surface area contributed by atoms with Crippen molar-refractivity contribution in [2.45, 2.75) is 32.4 Å². The number of hydrogen-bond donors (Lipinski definition) is 1. The molecule has 0 spiro atoms. The van der Waals surface area contributed by atoms with Gasteiger partial charge in [0.25, 0.3) is 0 Å². The molecule has 1 aromatic heterocycles. The Bertz CT molecular complexity index is 645. The van der Waals surface area contributed by atoms with Crippen LogP contribution in [-0.4, -0.2) is 48.1 Å². The van der Waals surface area contributed by atoms with E-state index in [2.05, 4.69) is 51.4 Å². The molecule has 0 saturated carbocycles. The molecule has 1 aliphatic rings. The Labute approximate surface area is 144 Å². The highest BCUT2D eigenvalue weighted by atomic mass is 15.2. The predicted molar refractivity (Wildman–Crippen MR) is 99.5 cm³/mol. The van der Waals surface area contributed by atoms with Crippen LogP contribution < -0.4 is 10.2 Å². The van der Waals surface area contributed by atoms with Crippen molar-refractivity contribution in [3.63, 3.8) is 0 Å². The first kappa shape index (κ1) is 16.7. The van der Waals surface area contributed by atoms with Crippen LogP contribution in [0.25, 0.3) is 0 Å². The quantitative estimate of drug-likeness (QED) is 0.916. The highest BCUT2D eigenvalue weighted by molar-refractivity contribution is 5.41. The standard InChI is InChI=1S/C19H27N5/c1-15-4-6-16(7-5-15)14-24-12-9-17(10-13-24)21-18-8-11-20-19(22-18)23(2)3/h4-8,11,17H,9-10,12-14H2,1-3H3,(H,20,21,22). The molecule has 2 heterocycles. The summed E-state index contributed by atoms with van der Waals surface area (Å²) in [6.45, 7) is 5.43. The fraction of sp³-hybridized carbons (Fsp3) is 0.474. The summed E-state index contributed by atoms with van der Waals surface area (Å²) in [6, 6.07) is 11.3. The first-order valence-electron chi connectivity index (χ1n) is 8.65. The van der Waals surface area contributed by atoms with E-state index in [0.717, 1.165) is 44.2 Å². The van der Waals surface area contributed by atoms with Gasteiger partial charge in [-0.15, -0.1) is 0 Å². The van der Waals surface area contributed by atoms with Crippen LogP contribution in [0.4, 0.5) is 11.8 Å². The smallest absolute Gasteiger partial charge is 0.226 e. The van der Waals surface area contributed by atoms with E-state index in [1.165, 1.54) is 11.1 Å². The molecule has 128 valence electrons. The molecule has 1 aromatic carbocycles. The fourth-order valence-electron chi connectivity index (χ4n) is 3.04. The zero-order valence-corrected chi connectivity index (χ0v) is 14.9. The Morgan fingerprint density at radius 3 is 2.50 bits per heavy atom. The van der Waals surface area contributed by atoms with E-state index < -0.39 is 0 Å². The van der Waals surface area contributed by atoms with E-state index in [9.17, 15) is 0 Å². The first-order chi connectivity index (χ1) is 11.6. The van der Waals surface area contributed by atoms with Gasteiger partial charge >= 0.3 is 0 Å². The van der Waals surface area contributed by atoms with Crippen molar-refractivity contribution in [3.8, 4) is 0 Å². The Hall–Kier alpha value is -2.14. The topological polar surface area (TPSA) is 44.3 Å². The van der Waals surface area contributed by atoms with Crippen LogP contribution in [0.2, 0.25) is 0 Å². The number of rotatable bonds is 5. The fourth-order valence-corrected chi connectivity index (χ4v) is 3.04. The zero-order chi connectivity index (χ0) is 16.9. The van der Waals surface area contributed by atoms with E-state index in [4.69, 9.17) is 0 Å². The van der Waals surface area contributed by atoms with E-state index in [-0.39, 0.29) is 0 Å². The molecule has 0 unspecified atom stereocenters. The average molecular weight is 325 g/mol. The Morgan fingerprint density at radius 1 is 1.12 bits per heavy atom. The minimum atomic E-state index is 0.490. The van der Waals surface area contributed by atoms with Crippen molar-refractivity contribution in [1.29, 1.82) is 0 Å². The van der Waals surface area contributed by atoms with E-state index in [1.54, 1.807) is 0 Å². The van der Waals surface area contributed by atoms with Crippen LogP contribution in [0.5, 0.6) is 0 Å². The Kier molecular flexibility index (Phi) is 5.30. The summed E-state index contributed by atoms with van der Waals surface area (Å²) >= 11 is 0. The second-order valence-corrected chi connectivity index (χ2v) is 6.82. The number of anilines is 2. The van der Waals surface area contributed by atoms with Crippen LogP contribution in [0.15, 0.2) is 36.5 Å². The average Bonchev–Trinajstić information content (AvgIpc) is 2.59. The van der Waals surface area contributed by atoms with Gasteiger partial charge in [0, 0.05) is 46.0 Å². The molecule has 5 heteroatoms. The highest BCUT2D eigenvalue weighted by Crippen LogP contribution is 2.18. The molecule has 0 radical (unpaired) electrons. The van der Waals surface area contributed by atoms with Crippen molar-refractivity contribution >= 4 is 11.8 Å². The number of aryl methyl sites for hydroxylation is 1. The molecule has 0 amide bonds. The number of nitrogens with one attached hydrogen (secondary N) is 1. The number of piperidine rings is 1. The number of likely N-dealkylation sites (tertiary alicyclic amines) is 1. The minimum Gasteiger partial charge on any atom is -0.367 e. The maximum absolute atomic E-state index is 4.55. The van der Waals surface area contributed by atoms with Crippen LogP contribution >= 0.6 is 0 Å². The summed E-state index contributed by atoms with van der Waals surface area (Å²) < 4.78 is 0. The summed E-state index contributed by atoms with van der Waals surface area (Å²) in [5, 5.41) is 3.56. The largest absolute Gasteiger partial charge is 0.367 e. The van der Waals surface area contributed by atoms with E-state index >= 15 is 0 Å². The van der Waals surface area contributed by atoms with Gasteiger partial charge in [-0.1, -0.05) is 29.8 Å². The van der Waals surface area contributed by atoms with Crippen molar-refractivity contribution in [1.82, 2.24) is 14.9 Å². The molecular formula is C19H27N5. The van der Waals surface area contributed by atoms with Crippen molar-refractivity contribution in [2.24, 2.45) is 0 Å². The van der Waals surface area contributed by atoms with Gasteiger partial charge in [0.1, 0.15) is 5.82 Å². The number of benzene rings is 1. The van der Waals surface area contributed by atoms with E-state index in [0.29, 0.717) is 6.04 Å². The summed E-state index contributed by atoms with van der Waals surface area (Å²) in [6.07, 6.45) is 4.11. The minimum absolute atomic E-state index is 0.490. The van der Waals surface area contributed by atoms with Gasteiger partial charge < -0.3 is 10.2 Å². The maximum Gasteiger partial charge on any atom is 0.226 e. The lowest BCUT2D eigenvalue weighted by Crippen LogP contribution is -2.38. The Balaban J connectivity index is 1.50. The zero-order valence-electron chi connectivity index (χ0n) is 14.9. The highest BCUT2D eigenvalue weighted by Gasteiger charge is 2.19. The van der Waals surface area contributed by atoms with Crippen molar-refractivity contribution in [3.05, 3.63) is 47.7 Å². The van der Waals surface area contributed by atoms with Crippen LogP contribution in [0.1, 0.15) is 24.0 Å². The molecule has 3 rings (SSSR count). The third kappa shape index (κ3) is 4.45. The molecule has 1 N–H and O–H groups in total. The van der Waals surface area contributed by atoms with Gasteiger partial charge in [0.05, 0.1) is 0 Å². The van der Waals surface area contributed by atoms with Gasteiger partial charge in [0.2, 0.25) is 5.95 Å². The van der Waals surface area contributed by atoms with Crippen molar-refractivity contribution in [2.75, 3.05) is 37.4 Å². The van der Waals surface area contributed by atoms with Gasteiger partial charge in [0.15, 0.2) is 0 Å². The summed E-state index contributed by atoms with van der Waals surface area (Å²) in [5.41, 5.74) is 2.72. The molecule has 0 atom stereocenters. The van der Waals surface area contributed by atoms with E-state index in [1.807, 2.05) is 31.3 Å². The SMILES string of the molecule is Cc1ccc(CN2CCC(Nc3ccnc(N(C)C)n3)CC2)cc1. The second-order valence-electron chi connectivity index (χ2n) is 6.82. The summed E-state index contributed by atoms with van der Waals surface area (Å²) in [7, 11) is 3.92. The van der Waals surface area contributed by atoms with Gasteiger partial charge in [-0.05, 0) is 31.4 Å². The number of aromatic nitrogens is 2. The molecule has 5 nitrogen and oxygen atoms in total. The molecule has 24 heavy (non-hydrogen) atoms. The number of hydrogen-bond acceptors (Lipinski definition) is 5. The van der Waals surface area contributed by atoms with Crippen LogP contribution in [0.3, 0.4) is 0 Å². The van der Waals surface area contributed by atoms with Crippen LogP contribution in [-0.2, 0) is 6.54 Å². The van der Waals surface area contributed by atoms with Gasteiger partial charge in [-0.25, -0.2) is 4.98 Å². The summed E-state index contributed by atoms with van der Waals surface area (Å²) in [4.78, 5) is 13.3. The molecule has 1 aliphatic heterocycles.